The number of anilines is 2. The van der Waals surface area contributed by atoms with Crippen LogP contribution >= 0.6 is 11.8 Å². The van der Waals surface area contributed by atoms with Gasteiger partial charge in [0, 0.05) is 24.1 Å². The number of nitrogens with one attached hydrogen (secondary N) is 2. The highest BCUT2D eigenvalue weighted by Gasteiger charge is 2.36. The molecule has 0 saturated carbocycles. The molecule has 2 N–H and O–H groups in total. The fourth-order valence-corrected chi connectivity index (χ4v) is 6.18. The molecule has 1 fully saturated rings. The van der Waals surface area contributed by atoms with Crippen molar-refractivity contribution >= 4 is 45.0 Å². The van der Waals surface area contributed by atoms with E-state index in [2.05, 4.69) is 10.0 Å². The number of hydrogen-bond donors (Lipinski definition) is 2. The molecule has 0 unspecified atom stereocenters. The van der Waals surface area contributed by atoms with Crippen LogP contribution in [-0.4, -0.2) is 50.3 Å². The maximum atomic E-state index is 13.0. The molecular weight excluding hydrogens is 466 g/mol. The molecule has 1 atom stereocenters. The standard InChI is InChI=1S/C22H23N3O6S2/c26-21-20(22(27)25-9-3-1-2-4-10-25)32-19-8-6-15(12-16(19)23-21)33(28,29)24-14-5-7-17-18(11-14)31-13-30-17/h5-8,11-12,20,24H,1-4,9-10,13H2,(H,23,26)/t20-/m0/s1. The van der Waals surface area contributed by atoms with Crippen molar-refractivity contribution in [1.29, 1.82) is 0 Å². The van der Waals surface area contributed by atoms with Crippen LogP contribution in [0.4, 0.5) is 11.4 Å². The third-order valence-electron chi connectivity index (χ3n) is 5.77. The summed E-state index contributed by atoms with van der Waals surface area (Å²) in [7, 11) is -3.91. The van der Waals surface area contributed by atoms with E-state index in [4.69, 9.17) is 9.47 Å². The molecule has 0 aliphatic carbocycles. The minimum atomic E-state index is -3.91. The number of carbonyl (C=O) groups excluding carboxylic acids is 2. The van der Waals surface area contributed by atoms with Crippen molar-refractivity contribution < 1.29 is 27.5 Å². The third kappa shape index (κ3) is 4.47. The van der Waals surface area contributed by atoms with Crippen LogP contribution in [0.25, 0.3) is 0 Å². The van der Waals surface area contributed by atoms with E-state index in [9.17, 15) is 18.0 Å². The molecule has 0 radical (unpaired) electrons. The Labute approximate surface area is 195 Å². The number of benzene rings is 2. The van der Waals surface area contributed by atoms with Gasteiger partial charge in [0.25, 0.3) is 10.0 Å². The van der Waals surface area contributed by atoms with Crippen LogP contribution < -0.4 is 19.5 Å². The van der Waals surface area contributed by atoms with Gasteiger partial charge in [0.15, 0.2) is 16.7 Å². The number of rotatable bonds is 4. The monoisotopic (exact) mass is 489 g/mol. The van der Waals surface area contributed by atoms with E-state index >= 15 is 0 Å². The van der Waals surface area contributed by atoms with Gasteiger partial charge in [0.2, 0.25) is 18.6 Å². The van der Waals surface area contributed by atoms with Crippen molar-refractivity contribution in [2.24, 2.45) is 0 Å². The smallest absolute Gasteiger partial charge is 0.261 e. The Morgan fingerprint density at radius 2 is 1.79 bits per heavy atom. The van der Waals surface area contributed by atoms with Crippen LogP contribution in [0.3, 0.4) is 0 Å². The zero-order valence-corrected chi connectivity index (χ0v) is 19.3. The molecule has 0 aromatic heterocycles. The fourth-order valence-electron chi connectivity index (χ4n) is 4.05. The van der Waals surface area contributed by atoms with Gasteiger partial charge in [-0.2, -0.15) is 0 Å². The summed E-state index contributed by atoms with van der Waals surface area (Å²) in [5.41, 5.74) is 0.706. The lowest BCUT2D eigenvalue weighted by Gasteiger charge is -2.28. The largest absolute Gasteiger partial charge is 0.454 e. The van der Waals surface area contributed by atoms with Gasteiger partial charge in [-0.15, -0.1) is 11.8 Å². The predicted octanol–water partition coefficient (Wildman–Crippen LogP) is 3.03. The molecule has 2 aromatic carbocycles. The molecule has 0 bridgehead atoms. The zero-order chi connectivity index (χ0) is 23.0. The van der Waals surface area contributed by atoms with Crippen molar-refractivity contribution in [3.05, 3.63) is 36.4 Å². The number of sulfonamides is 1. The molecule has 11 heteroatoms. The van der Waals surface area contributed by atoms with E-state index < -0.39 is 21.2 Å². The van der Waals surface area contributed by atoms with Crippen molar-refractivity contribution in [2.45, 2.75) is 40.7 Å². The third-order valence-corrected chi connectivity index (χ3v) is 8.41. The summed E-state index contributed by atoms with van der Waals surface area (Å²) in [4.78, 5) is 28.1. The lowest BCUT2D eigenvalue weighted by atomic mass is 10.2. The maximum absolute atomic E-state index is 13.0. The topological polar surface area (TPSA) is 114 Å². The van der Waals surface area contributed by atoms with E-state index in [1.165, 1.54) is 12.1 Å². The molecule has 3 aliphatic heterocycles. The Hall–Kier alpha value is -2.92. The number of ether oxygens (including phenoxy) is 2. The van der Waals surface area contributed by atoms with Crippen molar-refractivity contribution in [3.8, 4) is 11.5 Å². The lowest BCUT2D eigenvalue weighted by Crippen LogP contribution is -2.45. The number of fused-ring (bicyclic) bond motifs is 2. The molecule has 2 amide bonds. The minimum Gasteiger partial charge on any atom is -0.454 e. The summed E-state index contributed by atoms with van der Waals surface area (Å²) in [6, 6.07) is 9.26. The summed E-state index contributed by atoms with van der Waals surface area (Å²) < 4.78 is 38.9. The molecule has 33 heavy (non-hydrogen) atoms. The predicted molar refractivity (Wildman–Crippen MR) is 123 cm³/mol. The summed E-state index contributed by atoms with van der Waals surface area (Å²) in [5.74, 6) is 0.395. The van der Waals surface area contributed by atoms with Crippen LogP contribution in [0.1, 0.15) is 25.7 Å². The van der Waals surface area contributed by atoms with E-state index in [1.54, 1.807) is 29.2 Å². The van der Waals surface area contributed by atoms with Crippen LogP contribution in [0.2, 0.25) is 0 Å². The first-order valence-corrected chi connectivity index (χ1v) is 13.1. The quantitative estimate of drug-likeness (QED) is 0.635. The van der Waals surface area contributed by atoms with E-state index in [0.717, 1.165) is 37.4 Å². The average Bonchev–Trinajstić information content (AvgIpc) is 3.09. The Balaban J connectivity index is 1.33. The highest BCUT2D eigenvalue weighted by Crippen LogP contribution is 2.39. The summed E-state index contributed by atoms with van der Waals surface area (Å²) in [6.07, 6.45) is 4.07. The summed E-state index contributed by atoms with van der Waals surface area (Å²) >= 11 is 1.16. The highest BCUT2D eigenvalue weighted by molar-refractivity contribution is 8.01. The molecule has 2 aromatic rings. The molecule has 3 heterocycles. The molecule has 0 spiro atoms. The Morgan fingerprint density at radius 1 is 1.03 bits per heavy atom. The molecule has 174 valence electrons. The lowest BCUT2D eigenvalue weighted by molar-refractivity contribution is -0.133. The Kier molecular flexibility index (Phi) is 5.83. The maximum Gasteiger partial charge on any atom is 0.261 e. The van der Waals surface area contributed by atoms with Gasteiger partial charge in [-0.05, 0) is 43.2 Å². The second kappa shape index (κ2) is 8.79. The number of amides is 2. The van der Waals surface area contributed by atoms with Crippen molar-refractivity contribution in [2.75, 3.05) is 29.9 Å². The van der Waals surface area contributed by atoms with Crippen LogP contribution in [0.15, 0.2) is 46.2 Å². The van der Waals surface area contributed by atoms with E-state index in [0.29, 0.717) is 40.9 Å². The van der Waals surface area contributed by atoms with Crippen LogP contribution in [0.5, 0.6) is 11.5 Å². The van der Waals surface area contributed by atoms with Gasteiger partial charge in [0.05, 0.1) is 16.3 Å². The molecule has 1 saturated heterocycles. The van der Waals surface area contributed by atoms with Gasteiger partial charge < -0.3 is 19.7 Å². The van der Waals surface area contributed by atoms with Gasteiger partial charge >= 0.3 is 0 Å². The minimum absolute atomic E-state index is 0.00267. The van der Waals surface area contributed by atoms with Crippen molar-refractivity contribution in [1.82, 2.24) is 4.90 Å². The molecule has 9 nitrogen and oxygen atoms in total. The molecular formula is C22H23N3O6S2. The second-order valence-corrected chi connectivity index (χ2v) is 10.9. The van der Waals surface area contributed by atoms with Gasteiger partial charge in [-0.25, -0.2) is 8.42 Å². The first-order chi connectivity index (χ1) is 15.9. The van der Waals surface area contributed by atoms with Crippen LogP contribution in [-0.2, 0) is 19.6 Å². The molecule has 5 rings (SSSR count). The SMILES string of the molecule is O=C1Nc2cc(S(=O)(=O)Nc3ccc4c(c3)OCO4)ccc2S[C@@H]1C(=O)N1CCCCCC1. The molecule has 3 aliphatic rings. The first-order valence-electron chi connectivity index (χ1n) is 10.7. The average molecular weight is 490 g/mol. The normalized spacial score (nSPS) is 19.9. The Bertz CT molecular complexity index is 1210. The first kappa shape index (κ1) is 21.9. The van der Waals surface area contributed by atoms with Gasteiger partial charge in [0.1, 0.15) is 0 Å². The summed E-state index contributed by atoms with van der Waals surface area (Å²) in [5, 5.41) is 1.85. The summed E-state index contributed by atoms with van der Waals surface area (Å²) in [6.45, 7) is 1.42. The number of thioether (sulfide) groups is 1. The number of carbonyl (C=O) groups is 2. The van der Waals surface area contributed by atoms with Crippen molar-refractivity contribution in [3.63, 3.8) is 0 Å². The van der Waals surface area contributed by atoms with E-state index in [-0.39, 0.29) is 17.6 Å². The highest BCUT2D eigenvalue weighted by atomic mass is 32.2. The number of nitrogens with zero attached hydrogens (tertiary/aromatic N) is 1. The number of likely N-dealkylation sites (tertiary alicyclic amines) is 1. The van der Waals surface area contributed by atoms with E-state index in [1.807, 2.05) is 0 Å². The van der Waals surface area contributed by atoms with Crippen LogP contribution in [0, 0.1) is 0 Å². The zero-order valence-electron chi connectivity index (χ0n) is 17.7. The van der Waals surface area contributed by atoms with Gasteiger partial charge in [-0.1, -0.05) is 12.8 Å². The fraction of sp³-hybridized carbons (Fsp3) is 0.364. The van der Waals surface area contributed by atoms with Gasteiger partial charge in [-0.3, -0.25) is 14.3 Å². The second-order valence-electron chi connectivity index (χ2n) is 8.06. The Morgan fingerprint density at radius 3 is 2.58 bits per heavy atom. The number of hydrogen-bond acceptors (Lipinski definition) is 7.